The van der Waals surface area contributed by atoms with E-state index >= 15 is 0 Å². The third kappa shape index (κ3) is 5.03. The molecule has 13 heteroatoms. The lowest BCUT2D eigenvalue weighted by Crippen LogP contribution is -2.47. The molecule has 0 saturated carbocycles. The number of amides is 1. The first kappa shape index (κ1) is 22.6. The van der Waals surface area contributed by atoms with Crippen LogP contribution in [0.15, 0.2) is 30.6 Å². The summed E-state index contributed by atoms with van der Waals surface area (Å²) >= 11 is 0. The molecule has 35 heavy (non-hydrogen) atoms. The Morgan fingerprint density at radius 2 is 2.11 bits per heavy atom. The van der Waals surface area contributed by atoms with Crippen LogP contribution in [0.25, 0.3) is 28.7 Å². The molecule has 0 spiro atoms. The first-order valence-corrected chi connectivity index (χ1v) is 11.3. The van der Waals surface area contributed by atoms with Crippen molar-refractivity contribution in [1.82, 2.24) is 44.9 Å². The largest absolute Gasteiger partial charge is 0.444 e. The zero-order valence-corrected chi connectivity index (χ0v) is 19.6. The maximum atomic E-state index is 13.9. The number of fused-ring (bicyclic) bond motifs is 1. The topological polar surface area (TPSA) is 139 Å². The molecule has 2 N–H and O–H groups in total. The summed E-state index contributed by atoms with van der Waals surface area (Å²) < 4.78 is 21.0. The van der Waals surface area contributed by atoms with Gasteiger partial charge in [-0.15, -0.1) is 10.2 Å². The summed E-state index contributed by atoms with van der Waals surface area (Å²) in [5, 5.41) is 17.5. The molecule has 4 aromatic rings. The first-order valence-electron chi connectivity index (χ1n) is 11.3. The van der Waals surface area contributed by atoms with Gasteiger partial charge in [0.2, 0.25) is 5.82 Å². The number of carbonyl (C=O) groups is 1. The van der Waals surface area contributed by atoms with E-state index in [4.69, 9.17) is 4.74 Å². The van der Waals surface area contributed by atoms with Gasteiger partial charge in [-0.3, -0.25) is 4.40 Å². The molecule has 1 fully saturated rings. The van der Waals surface area contributed by atoms with Crippen molar-refractivity contribution in [3.63, 3.8) is 0 Å². The summed E-state index contributed by atoms with van der Waals surface area (Å²) in [4.78, 5) is 27.8. The van der Waals surface area contributed by atoms with Gasteiger partial charge in [0.25, 0.3) is 0 Å². The van der Waals surface area contributed by atoms with Crippen LogP contribution in [0.5, 0.6) is 0 Å². The van der Waals surface area contributed by atoms with Crippen molar-refractivity contribution in [1.29, 1.82) is 0 Å². The van der Waals surface area contributed by atoms with Gasteiger partial charge >= 0.3 is 6.09 Å². The molecule has 0 radical (unpaired) electrons. The van der Waals surface area contributed by atoms with Gasteiger partial charge in [-0.05, 0) is 51.0 Å². The molecule has 0 bridgehead atoms. The van der Waals surface area contributed by atoms with Crippen molar-refractivity contribution in [3.05, 3.63) is 36.4 Å². The fourth-order valence-electron chi connectivity index (χ4n) is 3.94. The van der Waals surface area contributed by atoms with Crippen LogP contribution in [0.1, 0.15) is 33.6 Å². The van der Waals surface area contributed by atoms with Crippen LogP contribution in [-0.2, 0) is 4.74 Å². The summed E-state index contributed by atoms with van der Waals surface area (Å²) in [6.45, 7) is 6.63. The molecule has 4 aromatic heterocycles. The van der Waals surface area contributed by atoms with E-state index in [1.165, 1.54) is 12.3 Å². The molecule has 12 nitrogen and oxygen atoms in total. The van der Waals surface area contributed by atoms with Crippen molar-refractivity contribution in [2.24, 2.45) is 0 Å². The van der Waals surface area contributed by atoms with Crippen molar-refractivity contribution < 1.29 is 13.9 Å². The van der Waals surface area contributed by atoms with Gasteiger partial charge in [-0.25, -0.2) is 24.1 Å². The summed E-state index contributed by atoms with van der Waals surface area (Å²) in [5.41, 5.74) is 0.931. The van der Waals surface area contributed by atoms with Gasteiger partial charge in [-0.1, -0.05) is 0 Å². The highest BCUT2D eigenvalue weighted by atomic mass is 19.1. The van der Waals surface area contributed by atoms with Crippen LogP contribution < -0.4 is 5.32 Å². The van der Waals surface area contributed by atoms with E-state index in [9.17, 15) is 9.18 Å². The Kier molecular flexibility index (Phi) is 5.75. The van der Waals surface area contributed by atoms with E-state index in [0.29, 0.717) is 41.8 Å². The number of hydrogen-bond acceptors (Lipinski definition) is 9. The van der Waals surface area contributed by atoms with Crippen LogP contribution >= 0.6 is 0 Å². The third-order valence-corrected chi connectivity index (χ3v) is 5.42. The number of hydrogen-bond donors (Lipinski definition) is 2. The minimum absolute atomic E-state index is 0.0586. The summed E-state index contributed by atoms with van der Waals surface area (Å²) in [6.07, 6.45) is 4.23. The lowest BCUT2D eigenvalue weighted by molar-refractivity contribution is 0.0206. The number of nitrogens with one attached hydrogen (secondary N) is 2. The Hall–Kier alpha value is -4.16. The molecule has 0 aliphatic carbocycles. The van der Waals surface area contributed by atoms with Crippen LogP contribution in [0, 0.1) is 5.82 Å². The van der Waals surface area contributed by atoms with Crippen LogP contribution in [0.4, 0.5) is 15.0 Å². The summed E-state index contributed by atoms with van der Waals surface area (Å²) in [7, 11) is 0. The van der Waals surface area contributed by atoms with Crippen molar-refractivity contribution in [2.45, 2.75) is 45.3 Å². The number of carbonyl (C=O) groups excluding carboxylic acids is 1. The number of rotatable bonds is 4. The highest BCUT2D eigenvalue weighted by molar-refractivity contribution is 5.68. The molecule has 0 aromatic carbocycles. The number of anilines is 1. The average molecular weight is 481 g/mol. The second kappa shape index (κ2) is 8.89. The maximum Gasteiger partial charge on any atom is 0.410 e. The van der Waals surface area contributed by atoms with E-state index < -0.39 is 11.4 Å². The number of tetrazole rings is 1. The summed E-state index contributed by atoms with van der Waals surface area (Å²) in [6, 6.07) is 4.57. The minimum Gasteiger partial charge on any atom is -0.444 e. The zero-order valence-electron chi connectivity index (χ0n) is 19.6. The van der Waals surface area contributed by atoms with Gasteiger partial charge < -0.3 is 15.0 Å². The lowest BCUT2D eigenvalue weighted by atomic mass is 10.1. The number of aromatic nitrogens is 8. The molecule has 1 unspecified atom stereocenters. The van der Waals surface area contributed by atoms with Gasteiger partial charge in [-0.2, -0.15) is 5.21 Å². The molecule has 182 valence electrons. The standard InChI is InChI=1S/C22H25FN10O2/c1-22(2,3)35-21(34)32-8-4-5-14(12-32)25-17-9-15(19-28-30-31-29-19)26-20(27-17)16-10-24-18-7-6-13(23)11-33(16)18/h6-7,9-11,14H,4-5,8,12H2,1-3H3,(H,25,26,27)(H,28,29,30,31). The molecule has 1 aliphatic heterocycles. The van der Waals surface area contributed by atoms with Crippen LogP contribution in [0.3, 0.4) is 0 Å². The van der Waals surface area contributed by atoms with E-state index in [1.807, 2.05) is 20.8 Å². The van der Waals surface area contributed by atoms with E-state index in [-0.39, 0.29) is 18.0 Å². The molecule has 1 saturated heterocycles. The maximum absolute atomic E-state index is 13.9. The molecular weight excluding hydrogens is 455 g/mol. The number of aromatic amines is 1. The zero-order chi connectivity index (χ0) is 24.6. The second-order valence-corrected chi connectivity index (χ2v) is 9.33. The Labute approximate surface area is 199 Å². The smallest absolute Gasteiger partial charge is 0.410 e. The molecule has 5 rings (SSSR count). The van der Waals surface area contributed by atoms with Gasteiger partial charge in [0.05, 0.1) is 6.20 Å². The van der Waals surface area contributed by atoms with E-state index in [1.54, 1.807) is 27.6 Å². The van der Waals surface area contributed by atoms with Gasteiger partial charge in [0.15, 0.2) is 5.82 Å². The molecular formula is C22H25FN10O2. The van der Waals surface area contributed by atoms with Gasteiger partial charge in [0.1, 0.15) is 34.3 Å². The van der Waals surface area contributed by atoms with Gasteiger partial charge in [0, 0.05) is 31.4 Å². The number of ether oxygens (including phenoxy) is 1. The van der Waals surface area contributed by atoms with E-state index in [0.717, 1.165) is 12.8 Å². The predicted molar refractivity (Wildman–Crippen MR) is 124 cm³/mol. The number of pyridine rings is 1. The normalized spacial score (nSPS) is 16.5. The third-order valence-electron chi connectivity index (χ3n) is 5.42. The van der Waals surface area contributed by atoms with Crippen LogP contribution in [-0.4, -0.2) is 75.7 Å². The highest BCUT2D eigenvalue weighted by Crippen LogP contribution is 2.25. The second-order valence-electron chi connectivity index (χ2n) is 9.33. The monoisotopic (exact) mass is 480 g/mol. The number of likely N-dealkylation sites (tertiary alicyclic amines) is 1. The number of halogens is 1. The Morgan fingerprint density at radius 1 is 1.26 bits per heavy atom. The summed E-state index contributed by atoms with van der Waals surface area (Å²) in [5.74, 6) is 0.703. The lowest BCUT2D eigenvalue weighted by Gasteiger charge is -2.34. The molecule has 1 aliphatic rings. The fraction of sp³-hybridized carbons (Fsp3) is 0.409. The highest BCUT2D eigenvalue weighted by Gasteiger charge is 2.28. The SMILES string of the molecule is CC(C)(C)OC(=O)N1CCCC(Nc2cc(-c3nn[nH]n3)nc(-c3cnc4ccc(F)cn34)n2)C1. The number of imidazole rings is 1. The minimum atomic E-state index is -0.563. The average Bonchev–Trinajstić information content (AvgIpc) is 3.48. The van der Waals surface area contributed by atoms with E-state index in [2.05, 4.69) is 40.9 Å². The van der Waals surface area contributed by atoms with Crippen molar-refractivity contribution in [3.8, 4) is 23.0 Å². The predicted octanol–water partition coefficient (Wildman–Crippen LogP) is 2.92. The number of H-pyrrole nitrogens is 1. The van der Waals surface area contributed by atoms with Crippen molar-refractivity contribution >= 4 is 17.6 Å². The molecule has 1 amide bonds. The quantitative estimate of drug-likeness (QED) is 0.451. The Bertz CT molecular complexity index is 1350. The van der Waals surface area contributed by atoms with Crippen LogP contribution in [0.2, 0.25) is 0 Å². The van der Waals surface area contributed by atoms with Crippen molar-refractivity contribution in [2.75, 3.05) is 18.4 Å². The Morgan fingerprint density at radius 3 is 2.89 bits per heavy atom. The Balaban J connectivity index is 1.45. The molecule has 1 atom stereocenters. The number of piperidine rings is 1. The number of nitrogens with zero attached hydrogens (tertiary/aromatic N) is 8. The first-order chi connectivity index (χ1) is 16.7. The fourth-order valence-corrected chi connectivity index (χ4v) is 3.94. The molecule has 5 heterocycles.